The second kappa shape index (κ2) is 10.2. The minimum atomic E-state index is -4.38. The number of benzene rings is 4. The number of H-pyrrole nitrogens is 1. The SMILES string of the molecule is Cc1ccc(-[n+]2[nH]oc(=O)c2S(=O)(=O)Nc2ccc(-n3c(-c4ccc(Cl)cc4)nc4ccccc4c3=O)cc2)cc1. The molecule has 2 heterocycles. The minimum Gasteiger partial charge on any atom is -0.281 e. The van der Waals surface area contributed by atoms with Gasteiger partial charge >= 0.3 is 20.7 Å². The van der Waals surface area contributed by atoms with Crippen LogP contribution in [0.4, 0.5) is 5.69 Å². The van der Waals surface area contributed by atoms with Crippen LogP contribution >= 0.6 is 11.6 Å². The van der Waals surface area contributed by atoms with Crippen LogP contribution in [0.25, 0.3) is 33.7 Å². The second-order valence-electron chi connectivity index (χ2n) is 9.21. The molecule has 0 radical (unpaired) electrons. The van der Waals surface area contributed by atoms with E-state index in [9.17, 15) is 18.0 Å². The van der Waals surface area contributed by atoms with Crippen LogP contribution in [-0.2, 0) is 10.0 Å². The van der Waals surface area contributed by atoms with Gasteiger partial charge in [0.15, 0.2) is 0 Å². The monoisotopic (exact) mass is 586 g/mol. The van der Waals surface area contributed by atoms with E-state index in [4.69, 9.17) is 21.1 Å². The quantitative estimate of drug-likeness (QED) is 0.279. The molecule has 12 heteroatoms. The molecule has 0 amide bonds. The molecule has 0 aliphatic heterocycles. The van der Waals surface area contributed by atoms with Gasteiger partial charge in [-0.05, 0) is 77.5 Å². The maximum Gasteiger partial charge on any atom is 0.449 e. The van der Waals surface area contributed by atoms with Crippen LogP contribution in [0.15, 0.2) is 116 Å². The summed E-state index contributed by atoms with van der Waals surface area (Å²) in [5.41, 5.74) is 1.83. The fourth-order valence-corrected chi connectivity index (χ4v) is 5.72. The van der Waals surface area contributed by atoms with Crippen LogP contribution in [0.5, 0.6) is 0 Å². The zero-order valence-corrected chi connectivity index (χ0v) is 23.0. The van der Waals surface area contributed by atoms with Gasteiger partial charge in [0.2, 0.25) is 5.69 Å². The first-order chi connectivity index (χ1) is 19.7. The van der Waals surface area contributed by atoms with Crippen LogP contribution in [-0.4, -0.2) is 23.2 Å². The second-order valence-corrected chi connectivity index (χ2v) is 11.2. The first-order valence-electron chi connectivity index (χ1n) is 12.3. The highest BCUT2D eigenvalue weighted by Crippen LogP contribution is 2.25. The number of aryl methyl sites for hydroxylation is 1. The Kier molecular flexibility index (Phi) is 6.52. The van der Waals surface area contributed by atoms with E-state index in [0.717, 1.165) is 10.2 Å². The van der Waals surface area contributed by atoms with Crippen molar-refractivity contribution in [2.24, 2.45) is 0 Å². The fraction of sp³-hybridized carbons (Fsp3) is 0.0345. The number of hydrogen-bond donors (Lipinski definition) is 2. The lowest BCUT2D eigenvalue weighted by atomic mass is 10.1. The van der Waals surface area contributed by atoms with Crippen molar-refractivity contribution in [3.8, 4) is 22.8 Å². The van der Waals surface area contributed by atoms with Gasteiger partial charge in [-0.1, -0.05) is 41.4 Å². The first kappa shape index (κ1) is 26.2. The Morgan fingerprint density at radius 1 is 0.902 bits per heavy atom. The molecule has 204 valence electrons. The summed E-state index contributed by atoms with van der Waals surface area (Å²) in [6.07, 6.45) is 0. The van der Waals surface area contributed by atoms with Crippen LogP contribution < -0.4 is 20.6 Å². The Labute approximate surface area is 238 Å². The van der Waals surface area contributed by atoms with E-state index < -0.39 is 20.7 Å². The normalized spacial score (nSPS) is 11.6. The van der Waals surface area contributed by atoms with Crippen molar-refractivity contribution in [1.82, 2.24) is 14.8 Å². The predicted octanol–water partition coefficient (Wildman–Crippen LogP) is 4.37. The van der Waals surface area contributed by atoms with Crippen molar-refractivity contribution in [1.29, 1.82) is 0 Å². The van der Waals surface area contributed by atoms with E-state index in [1.807, 2.05) is 6.92 Å². The Morgan fingerprint density at radius 3 is 2.29 bits per heavy atom. The van der Waals surface area contributed by atoms with Crippen LogP contribution in [0, 0.1) is 6.92 Å². The summed E-state index contributed by atoms with van der Waals surface area (Å²) in [5, 5.41) is 2.68. The van der Waals surface area contributed by atoms with E-state index >= 15 is 0 Å². The van der Waals surface area contributed by atoms with Gasteiger partial charge < -0.3 is 0 Å². The van der Waals surface area contributed by atoms with Gasteiger partial charge in [-0.25, -0.2) is 9.78 Å². The highest BCUT2D eigenvalue weighted by atomic mass is 35.5. The lowest BCUT2D eigenvalue weighted by molar-refractivity contribution is -0.705. The van der Waals surface area contributed by atoms with Crippen molar-refractivity contribution in [2.45, 2.75) is 11.9 Å². The molecule has 0 aliphatic carbocycles. The Bertz CT molecular complexity index is 2130. The molecule has 4 aromatic carbocycles. The molecule has 0 spiro atoms. The van der Waals surface area contributed by atoms with Crippen molar-refractivity contribution in [2.75, 3.05) is 4.72 Å². The molecule has 10 nitrogen and oxygen atoms in total. The van der Waals surface area contributed by atoms with Crippen molar-refractivity contribution < 1.29 is 17.6 Å². The molecule has 0 aliphatic rings. The molecule has 0 fully saturated rings. The number of nitrogens with zero attached hydrogens (tertiary/aromatic N) is 3. The largest absolute Gasteiger partial charge is 0.449 e. The number of para-hydroxylation sites is 1. The highest BCUT2D eigenvalue weighted by Gasteiger charge is 2.36. The van der Waals surface area contributed by atoms with Crippen LogP contribution in [0.1, 0.15) is 5.56 Å². The van der Waals surface area contributed by atoms with Gasteiger partial charge in [0, 0.05) is 28.4 Å². The maximum absolute atomic E-state index is 13.6. The number of halogens is 1. The summed E-state index contributed by atoms with van der Waals surface area (Å²) in [7, 11) is -4.38. The third-order valence-corrected chi connectivity index (χ3v) is 8.02. The number of sulfonamides is 1. The number of rotatable bonds is 6. The van der Waals surface area contributed by atoms with Gasteiger partial charge in [0.25, 0.3) is 5.56 Å². The molecule has 41 heavy (non-hydrogen) atoms. The molecule has 0 atom stereocenters. The summed E-state index contributed by atoms with van der Waals surface area (Å²) in [5.74, 6) is 0.391. The van der Waals surface area contributed by atoms with E-state index in [2.05, 4.69) is 9.99 Å². The van der Waals surface area contributed by atoms with Crippen LogP contribution in [0.2, 0.25) is 5.02 Å². The smallest absolute Gasteiger partial charge is 0.281 e. The topological polar surface area (TPSA) is 131 Å². The standard InChI is InChI=1S/C29H20ClN5O5S/c1-18-6-14-23(15-7-18)35-28(29(37)40-33-35)41(38,39)32-21-12-16-22(17-13-21)34-26(19-8-10-20(30)11-9-19)31-25-5-3-2-4-24(25)27(34)36/h2-17,32H,1H3/p+1. The number of aromatic amines is 1. The summed E-state index contributed by atoms with van der Waals surface area (Å²) in [6.45, 7) is 1.88. The van der Waals surface area contributed by atoms with Crippen molar-refractivity contribution in [3.63, 3.8) is 0 Å². The highest BCUT2D eigenvalue weighted by molar-refractivity contribution is 7.92. The Morgan fingerprint density at radius 2 is 1.59 bits per heavy atom. The number of fused-ring (bicyclic) bond motifs is 1. The minimum absolute atomic E-state index is 0.166. The lowest BCUT2D eigenvalue weighted by Gasteiger charge is -2.14. The van der Waals surface area contributed by atoms with Crippen LogP contribution in [0.3, 0.4) is 0 Å². The van der Waals surface area contributed by atoms with Gasteiger partial charge in [-0.15, -0.1) is 0 Å². The van der Waals surface area contributed by atoms with Crippen molar-refractivity contribution in [3.05, 3.63) is 128 Å². The molecular formula is C29H21ClN5O5S+. The lowest BCUT2D eigenvalue weighted by Crippen LogP contribution is -2.42. The summed E-state index contributed by atoms with van der Waals surface area (Å²) in [4.78, 5) is 30.8. The zero-order chi connectivity index (χ0) is 28.7. The number of anilines is 1. The summed E-state index contributed by atoms with van der Waals surface area (Å²) >= 11 is 6.08. The molecule has 6 aromatic rings. The number of aromatic nitrogens is 4. The number of nitrogens with one attached hydrogen (secondary N) is 2. The zero-order valence-electron chi connectivity index (χ0n) is 21.4. The van der Waals surface area contributed by atoms with E-state index in [1.54, 1.807) is 84.9 Å². The third kappa shape index (κ3) is 4.92. The van der Waals surface area contributed by atoms with E-state index in [-0.39, 0.29) is 11.2 Å². The summed E-state index contributed by atoms with van der Waals surface area (Å²) in [6, 6.07) is 27.0. The molecule has 2 aromatic heterocycles. The first-order valence-corrected chi connectivity index (χ1v) is 14.2. The van der Waals surface area contributed by atoms with Gasteiger partial charge in [-0.3, -0.25) is 18.6 Å². The molecule has 0 saturated heterocycles. The average molecular weight is 587 g/mol. The third-order valence-electron chi connectivity index (χ3n) is 6.41. The van der Waals surface area contributed by atoms with E-state index in [0.29, 0.717) is 38.7 Å². The molecule has 0 bridgehead atoms. The molecule has 6 rings (SSSR count). The van der Waals surface area contributed by atoms with Gasteiger partial charge in [-0.2, -0.15) is 8.42 Å². The summed E-state index contributed by atoms with van der Waals surface area (Å²) < 4.78 is 36.3. The van der Waals surface area contributed by atoms with E-state index in [1.165, 1.54) is 16.7 Å². The molecular weight excluding hydrogens is 566 g/mol. The maximum atomic E-state index is 13.6. The van der Waals surface area contributed by atoms with Crippen molar-refractivity contribution >= 4 is 38.2 Å². The predicted molar refractivity (Wildman–Crippen MR) is 154 cm³/mol. The molecule has 2 N–H and O–H groups in total. The molecule has 0 saturated carbocycles. The number of hydrogen-bond acceptors (Lipinski definition) is 6. The Balaban J connectivity index is 1.40. The van der Waals surface area contributed by atoms with Gasteiger partial charge in [0.1, 0.15) is 5.82 Å². The fourth-order valence-electron chi connectivity index (χ4n) is 4.40. The van der Waals surface area contributed by atoms with Gasteiger partial charge in [0.05, 0.1) is 16.6 Å². The molecule has 0 unspecified atom stereocenters. The average Bonchev–Trinajstić information content (AvgIpc) is 3.36. The Hall–Kier alpha value is -5.00.